The zero-order chi connectivity index (χ0) is 20.2. The van der Waals surface area contributed by atoms with Gasteiger partial charge in [-0.05, 0) is 35.7 Å². The molecule has 1 saturated heterocycles. The van der Waals surface area contributed by atoms with E-state index in [1.807, 2.05) is 16.3 Å². The number of thiazole rings is 1. The summed E-state index contributed by atoms with van der Waals surface area (Å²) in [5, 5.41) is 6.91. The van der Waals surface area contributed by atoms with Crippen molar-refractivity contribution < 1.29 is 14.0 Å². The van der Waals surface area contributed by atoms with E-state index in [1.165, 1.54) is 34.8 Å². The van der Waals surface area contributed by atoms with Crippen LogP contribution in [0.3, 0.4) is 0 Å². The van der Waals surface area contributed by atoms with Crippen LogP contribution in [0.2, 0.25) is 0 Å². The summed E-state index contributed by atoms with van der Waals surface area (Å²) < 4.78 is 13.1. The predicted molar refractivity (Wildman–Crippen MR) is 113 cm³/mol. The molecule has 0 aliphatic carbocycles. The van der Waals surface area contributed by atoms with E-state index in [2.05, 4.69) is 15.2 Å². The lowest BCUT2D eigenvalue weighted by molar-refractivity contribution is -0.130. The fourth-order valence-electron chi connectivity index (χ4n) is 3.14. The van der Waals surface area contributed by atoms with Crippen LogP contribution >= 0.6 is 22.7 Å². The molecule has 1 aliphatic rings. The van der Waals surface area contributed by atoms with E-state index in [0.717, 1.165) is 5.69 Å². The van der Waals surface area contributed by atoms with Crippen molar-refractivity contribution in [3.8, 4) is 0 Å². The van der Waals surface area contributed by atoms with Crippen LogP contribution in [0, 0.1) is 5.82 Å². The van der Waals surface area contributed by atoms with Gasteiger partial charge in [-0.1, -0.05) is 6.07 Å². The van der Waals surface area contributed by atoms with E-state index in [4.69, 9.17) is 0 Å². The molecule has 4 rings (SSSR count). The molecule has 1 aliphatic heterocycles. The van der Waals surface area contributed by atoms with Gasteiger partial charge in [0.05, 0.1) is 17.0 Å². The maximum atomic E-state index is 13.1. The fraction of sp³-hybridized carbons (Fsp3) is 0.250. The van der Waals surface area contributed by atoms with Crippen LogP contribution in [0.15, 0.2) is 47.2 Å². The smallest absolute Gasteiger partial charge is 0.267 e. The average molecular weight is 431 g/mol. The van der Waals surface area contributed by atoms with Crippen molar-refractivity contribution in [2.24, 2.45) is 0 Å². The number of nitrogens with zero attached hydrogens (tertiary/aromatic N) is 3. The van der Waals surface area contributed by atoms with Gasteiger partial charge in [-0.25, -0.2) is 9.37 Å². The molecule has 2 amide bonds. The molecule has 6 nitrogen and oxygen atoms in total. The van der Waals surface area contributed by atoms with Gasteiger partial charge in [0.1, 0.15) is 5.82 Å². The van der Waals surface area contributed by atoms with Gasteiger partial charge in [0, 0.05) is 37.2 Å². The summed E-state index contributed by atoms with van der Waals surface area (Å²) in [6, 6.07) is 9.99. The Balaban J connectivity index is 1.28. The van der Waals surface area contributed by atoms with Gasteiger partial charge in [0.25, 0.3) is 5.91 Å². The van der Waals surface area contributed by atoms with Gasteiger partial charge in [-0.3, -0.25) is 14.9 Å². The monoisotopic (exact) mass is 430 g/mol. The largest absolute Gasteiger partial charge is 0.368 e. The summed E-state index contributed by atoms with van der Waals surface area (Å²) in [6.07, 6.45) is 0.210. The Hall–Kier alpha value is -2.78. The normalized spacial score (nSPS) is 14.1. The molecule has 3 aromatic rings. The minimum Gasteiger partial charge on any atom is -0.368 e. The molecule has 9 heteroatoms. The molecule has 0 bridgehead atoms. The highest BCUT2D eigenvalue weighted by molar-refractivity contribution is 7.14. The number of benzene rings is 1. The van der Waals surface area contributed by atoms with Gasteiger partial charge >= 0.3 is 0 Å². The Bertz CT molecular complexity index is 980. The van der Waals surface area contributed by atoms with Crippen LogP contribution in [0.1, 0.15) is 15.4 Å². The number of anilines is 2. The molecule has 0 unspecified atom stereocenters. The second-order valence-corrected chi connectivity index (χ2v) is 8.40. The Kier molecular flexibility index (Phi) is 5.86. The number of carbonyl (C=O) groups is 2. The van der Waals surface area contributed by atoms with Crippen molar-refractivity contribution in [1.82, 2.24) is 9.88 Å². The number of aromatic nitrogens is 1. The zero-order valence-corrected chi connectivity index (χ0v) is 17.1. The molecule has 0 saturated carbocycles. The number of piperazine rings is 1. The van der Waals surface area contributed by atoms with Gasteiger partial charge in [0.15, 0.2) is 5.13 Å². The second-order valence-electron chi connectivity index (χ2n) is 6.60. The van der Waals surface area contributed by atoms with E-state index < -0.39 is 0 Å². The SMILES string of the molecule is O=C(Nc1nc(CC(=O)N2CCN(c3ccc(F)cc3)CC2)cs1)c1cccs1. The summed E-state index contributed by atoms with van der Waals surface area (Å²) in [5.41, 5.74) is 1.62. The number of nitrogens with one attached hydrogen (secondary N) is 1. The molecule has 1 fully saturated rings. The molecular weight excluding hydrogens is 411 g/mol. The summed E-state index contributed by atoms with van der Waals surface area (Å²) in [7, 11) is 0. The molecular formula is C20H19FN4O2S2. The molecule has 29 heavy (non-hydrogen) atoms. The highest BCUT2D eigenvalue weighted by Crippen LogP contribution is 2.20. The van der Waals surface area contributed by atoms with E-state index in [-0.39, 0.29) is 24.1 Å². The Morgan fingerprint density at radius 3 is 2.52 bits per heavy atom. The van der Waals surface area contributed by atoms with Crippen molar-refractivity contribution >= 4 is 45.3 Å². The Labute approximate surface area is 175 Å². The lowest BCUT2D eigenvalue weighted by Crippen LogP contribution is -2.49. The summed E-state index contributed by atoms with van der Waals surface area (Å²) in [4.78, 5) is 33.6. The number of amides is 2. The molecule has 1 N–H and O–H groups in total. The van der Waals surface area contributed by atoms with Gasteiger partial charge in [-0.15, -0.1) is 22.7 Å². The maximum Gasteiger partial charge on any atom is 0.267 e. The third-order valence-electron chi connectivity index (χ3n) is 4.67. The van der Waals surface area contributed by atoms with Crippen LogP contribution in [0.4, 0.5) is 15.2 Å². The first-order valence-corrected chi connectivity index (χ1v) is 10.9. The Morgan fingerprint density at radius 2 is 1.83 bits per heavy atom. The van der Waals surface area contributed by atoms with Gasteiger partial charge in [0.2, 0.25) is 5.91 Å². The molecule has 1 aromatic carbocycles. The number of carbonyl (C=O) groups excluding carboxylic acids is 2. The molecule has 0 atom stereocenters. The summed E-state index contributed by atoms with van der Waals surface area (Å²) in [6.45, 7) is 2.64. The van der Waals surface area contributed by atoms with Crippen molar-refractivity contribution in [3.05, 3.63) is 63.5 Å². The van der Waals surface area contributed by atoms with Crippen molar-refractivity contribution in [3.63, 3.8) is 0 Å². The molecule has 0 spiro atoms. The molecule has 3 heterocycles. The first-order valence-electron chi connectivity index (χ1n) is 9.16. The quantitative estimate of drug-likeness (QED) is 0.673. The number of hydrogen-bond donors (Lipinski definition) is 1. The number of thiophene rings is 1. The maximum absolute atomic E-state index is 13.1. The van der Waals surface area contributed by atoms with E-state index >= 15 is 0 Å². The van der Waals surface area contributed by atoms with E-state index in [1.54, 1.807) is 23.6 Å². The third kappa shape index (κ3) is 4.80. The Morgan fingerprint density at radius 1 is 1.07 bits per heavy atom. The number of halogens is 1. The third-order valence-corrected chi connectivity index (χ3v) is 6.35. The van der Waals surface area contributed by atoms with E-state index in [9.17, 15) is 14.0 Å². The van der Waals surface area contributed by atoms with Crippen LogP contribution < -0.4 is 10.2 Å². The van der Waals surface area contributed by atoms with Crippen LogP contribution in [-0.2, 0) is 11.2 Å². The second kappa shape index (κ2) is 8.71. The highest BCUT2D eigenvalue weighted by atomic mass is 32.1. The van der Waals surface area contributed by atoms with Crippen molar-refractivity contribution in [2.75, 3.05) is 36.4 Å². The molecule has 0 radical (unpaired) electrons. The van der Waals surface area contributed by atoms with Crippen molar-refractivity contribution in [1.29, 1.82) is 0 Å². The summed E-state index contributed by atoms with van der Waals surface area (Å²) in [5.74, 6) is -0.425. The van der Waals surface area contributed by atoms with Crippen LogP contribution in [-0.4, -0.2) is 47.9 Å². The molecule has 150 valence electrons. The topological polar surface area (TPSA) is 65.5 Å². The number of hydrogen-bond acceptors (Lipinski definition) is 6. The summed E-state index contributed by atoms with van der Waals surface area (Å²) >= 11 is 2.68. The first kappa shape index (κ1) is 19.5. The van der Waals surface area contributed by atoms with Crippen LogP contribution in [0.25, 0.3) is 0 Å². The lowest BCUT2D eigenvalue weighted by atomic mass is 10.2. The number of rotatable bonds is 5. The highest BCUT2D eigenvalue weighted by Gasteiger charge is 2.22. The predicted octanol–water partition coefficient (Wildman–Crippen LogP) is 3.49. The van der Waals surface area contributed by atoms with Gasteiger partial charge < -0.3 is 9.80 Å². The minimum atomic E-state index is -0.253. The van der Waals surface area contributed by atoms with Crippen LogP contribution in [0.5, 0.6) is 0 Å². The zero-order valence-electron chi connectivity index (χ0n) is 15.5. The standard InChI is InChI=1S/C20H19FN4O2S2/c21-14-3-5-16(6-4-14)24-7-9-25(10-8-24)18(26)12-15-13-29-20(22-15)23-19(27)17-2-1-11-28-17/h1-6,11,13H,7-10,12H2,(H,22,23,27). The first-order chi connectivity index (χ1) is 14.1. The lowest BCUT2D eigenvalue weighted by Gasteiger charge is -2.36. The minimum absolute atomic E-state index is 0.0187. The molecule has 2 aromatic heterocycles. The fourth-order valence-corrected chi connectivity index (χ4v) is 4.47. The van der Waals surface area contributed by atoms with Crippen molar-refractivity contribution in [2.45, 2.75) is 6.42 Å². The van der Waals surface area contributed by atoms with E-state index in [0.29, 0.717) is 41.9 Å². The van der Waals surface area contributed by atoms with Gasteiger partial charge in [-0.2, -0.15) is 0 Å². The average Bonchev–Trinajstić information content (AvgIpc) is 3.41.